The number of rotatable bonds is 5. The summed E-state index contributed by atoms with van der Waals surface area (Å²) in [6, 6.07) is 9.64. The maximum absolute atomic E-state index is 13.9. The van der Waals surface area contributed by atoms with Crippen molar-refractivity contribution in [1.82, 2.24) is 15.0 Å². The summed E-state index contributed by atoms with van der Waals surface area (Å²) in [7, 11) is 0. The molecule has 1 atom stereocenters. The molecule has 0 unspecified atom stereocenters. The number of carbonyl (C=O) groups excluding carboxylic acids is 1. The molecule has 2 heterocycles. The molecule has 1 amide bonds. The van der Waals surface area contributed by atoms with Gasteiger partial charge in [0.1, 0.15) is 5.82 Å². The Kier molecular flexibility index (Phi) is 4.66. The van der Waals surface area contributed by atoms with E-state index in [1.54, 1.807) is 31.2 Å². The predicted octanol–water partition coefficient (Wildman–Crippen LogP) is 2.44. The SMILES string of the molecule is Cc1ccc(NC(=O)c2cn(C[C@H](O)c3ccc4c(c3)OCO4)nn2)c(F)c1. The third-order valence-corrected chi connectivity index (χ3v) is 4.29. The van der Waals surface area contributed by atoms with Gasteiger partial charge >= 0.3 is 0 Å². The van der Waals surface area contributed by atoms with Crippen molar-refractivity contribution in [2.75, 3.05) is 12.1 Å². The highest BCUT2D eigenvalue weighted by molar-refractivity contribution is 6.02. The molecule has 3 aromatic rings. The predicted molar refractivity (Wildman–Crippen MR) is 96.6 cm³/mol. The first-order valence-corrected chi connectivity index (χ1v) is 8.55. The average molecular weight is 384 g/mol. The van der Waals surface area contributed by atoms with Gasteiger partial charge in [-0.1, -0.05) is 17.3 Å². The molecule has 0 aliphatic carbocycles. The fourth-order valence-electron chi connectivity index (χ4n) is 2.80. The van der Waals surface area contributed by atoms with Crippen LogP contribution in [0.4, 0.5) is 10.1 Å². The second-order valence-corrected chi connectivity index (χ2v) is 6.39. The van der Waals surface area contributed by atoms with Gasteiger partial charge in [-0.3, -0.25) is 4.79 Å². The van der Waals surface area contributed by atoms with Crippen LogP contribution in [0.3, 0.4) is 0 Å². The summed E-state index contributed by atoms with van der Waals surface area (Å²) in [5.74, 6) is 0.0693. The number of aromatic nitrogens is 3. The lowest BCUT2D eigenvalue weighted by atomic mass is 10.1. The molecule has 144 valence electrons. The van der Waals surface area contributed by atoms with E-state index in [1.165, 1.54) is 23.0 Å². The number of aliphatic hydroxyl groups excluding tert-OH is 1. The molecule has 2 N–H and O–H groups in total. The van der Waals surface area contributed by atoms with Gasteiger partial charge in [0.05, 0.1) is 24.5 Å². The highest BCUT2D eigenvalue weighted by Crippen LogP contribution is 2.34. The van der Waals surface area contributed by atoms with Crippen molar-refractivity contribution < 1.29 is 23.8 Å². The lowest BCUT2D eigenvalue weighted by Crippen LogP contribution is -2.13. The summed E-state index contributed by atoms with van der Waals surface area (Å²) in [6.07, 6.45) is 0.499. The lowest BCUT2D eigenvalue weighted by molar-refractivity contribution is 0.102. The number of aryl methyl sites for hydroxylation is 1. The third-order valence-electron chi connectivity index (χ3n) is 4.29. The average Bonchev–Trinajstić information content (AvgIpc) is 3.32. The Labute approximate surface area is 159 Å². The number of carbonyl (C=O) groups is 1. The van der Waals surface area contributed by atoms with Gasteiger partial charge in [-0.25, -0.2) is 9.07 Å². The van der Waals surface area contributed by atoms with Crippen LogP contribution < -0.4 is 14.8 Å². The lowest BCUT2D eigenvalue weighted by Gasteiger charge is -2.11. The van der Waals surface area contributed by atoms with Gasteiger partial charge in [0.25, 0.3) is 5.91 Å². The number of benzene rings is 2. The zero-order valence-electron chi connectivity index (χ0n) is 14.9. The monoisotopic (exact) mass is 384 g/mol. The molecule has 0 saturated carbocycles. The molecule has 4 rings (SSSR count). The van der Waals surface area contributed by atoms with Crippen LogP contribution in [-0.2, 0) is 6.54 Å². The van der Waals surface area contributed by atoms with Crippen LogP contribution in [0.15, 0.2) is 42.6 Å². The number of anilines is 1. The zero-order valence-corrected chi connectivity index (χ0v) is 14.9. The Bertz CT molecular complexity index is 1040. The van der Waals surface area contributed by atoms with Gasteiger partial charge < -0.3 is 19.9 Å². The summed E-state index contributed by atoms with van der Waals surface area (Å²) >= 11 is 0. The van der Waals surface area contributed by atoms with E-state index in [0.717, 1.165) is 5.56 Å². The highest BCUT2D eigenvalue weighted by Gasteiger charge is 2.18. The van der Waals surface area contributed by atoms with E-state index in [-0.39, 0.29) is 24.7 Å². The Balaban J connectivity index is 1.43. The molecule has 2 aromatic carbocycles. The Morgan fingerprint density at radius 2 is 2.11 bits per heavy atom. The van der Waals surface area contributed by atoms with Crippen molar-refractivity contribution in [1.29, 1.82) is 0 Å². The minimum atomic E-state index is -0.887. The second kappa shape index (κ2) is 7.28. The number of ether oxygens (including phenoxy) is 2. The minimum Gasteiger partial charge on any atom is -0.454 e. The Morgan fingerprint density at radius 1 is 1.29 bits per heavy atom. The fraction of sp³-hybridized carbons (Fsp3) is 0.211. The van der Waals surface area contributed by atoms with E-state index < -0.39 is 17.8 Å². The number of halogens is 1. The number of fused-ring (bicyclic) bond motifs is 1. The topological polar surface area (TPSA) is 98.5 Å². The van der Waals surface area contributed by atoms with E-state index >= 15 is 0 Å². The maximum Gasteiger partial charge on any atom is 0.277 e. The number of nitrogens with one attached hydrogen (secondary N) is 1. The quantitative estimate of drug-likeness (QED) is 0.701. The number of hydrogen-bond acceptors (Lipinski definition) is 6. The highest BCUT2D eigenvalue weighted by atomic mass is 19.1. The molecule has 0 bridgehead atoms. The van der Waals surface area contributed by atoms with Gasteiger partial charge in [0.15, 0.2) is 17.2 Å². The van der Waals surface area contributed by atoms with Crippen molar-refractivity contribution in [3.63, 3.8) is 0 Å². The molecule has 8 nitrogen and oxygen atoms in total. The van der Waals surface area contributed by atoms with Crippen molar-refractivity contribution in [3.05, 3.63) is 65.2 Å². The van der Waals surface area contributed by atoms with Gasteiger partial charge in [0, 0.05) is 0 Å². The van der Waals surface area contributed by atoms with Crippen LogP contribution in [0.2, 0.25) is 0 Å². The van der Waals surface area contributed by atoms with Crippen LogP contribution in [0.25, 0.3) is 0 Å². The van der Waals surface area contributed by atoms with Crippen molar-refractivity contribution in [2.45, 2.75) is 19.6 Å². The molecule has 0 radical (unpaired) electrons. The minimum absolute atomic E-state index is 0.0119. The van der Waals surface area contributed by atoms with E-state index in [9.17, 15) is 14.3 Å². The molecule has 0 spiro atoms. The van der Waals surface area contributed by atoms with Crippen LogP contribution in [-0.4, -0.2) is 32.8 Å². The summed E-state index contributed by atoms with van der Waals surface area (Å²) in [4.78, 5) is 12.3. The van der Waals surface area contributed by atoms with Crippen LogP contribution in [0.1, 0.15) is 27.7 Å². The van der Waals surface area contributed by atoms with Crippen molar-refractivity contribution in [3.8, 4) is 11.5 Å². The number of aliphatic hydroxyl groups is 1. The first-order chi connectivity index (χ1) is 13.5. The third kappa shape index (κ3) is 3.65. The summed E-state index contributed by atoms with van der Waals surface area (Å²) in [5, 5.41) is 20.5. The Morgan fingerprint density at radius 3 is 2.93 bits per heavy atom. The molecule has 1 aliphatic heterocycles. The first kappa shape index (κ1) is 17.9. The van der Waals surface area contributed by atoms with E-state index in [1.807, 2.05) is 0 Å². The van der Waals surface area contributed by atoms with E-state index in [0.29, 0.717) is 17.1 Å². The largest absolute Gasteiger partial charge is 0.454 e. The number of hydrogen-bond donors (Lipinski definition) is 2. The zero-order chi connectivity index (χ0) is 19.7. The molecular weight excluding hydrogens is 367 g/mol. The summed E-state index contributed by atoms with van der Waals surface area (Å²) in [6.45, 7) is 1.99. The molecular formula is C19H17FN4O4. The molecule has 0 fully saturated rings. The summed E-state index contributed by atoms with van der Waals surface area (Å²) < 4.78 is 25.8. The first-order valence-electron chi connectivity index (χ1n) is 8.55. The van der Waals surface area contributed by atoms with Crippen molar-refractivity contribution >= 4 is 11.6 Å². The molecule has 0 saturated heterocycles. The molecule has 28 heavy (non-hydrogen) atoms. The number of amides is 1. The van der Waals surface area contributed by atoms with Crippen LogP contribution >= 0.6 is 0 Å². The maximum atomic E-state index is 13.9. The van der Waals surface area contributed by atoms with E-state index in [4.69, 9.17) is 9.47 Å². The van der Waals surface area contributed by atoms with E-state index in [2.05, 4.69) is 15.6 Å². The second-order valence-electron chi connectivity index (χ2n) is 6.39. The standard InChI is InChI=1S/C19H17FN4O4/c1-11-2-4-14(13(20)6-11)21-19(26)15-8-24(23-22-15)9-16(25)12-3-5-17-18(7-12)28-10-27-17/h2-8,16,25H,9-10H2,1H3,(H,21,26)/t16-/m0/s1. The fourth-order valence-corrected chi connectivity index (χ4v) is 2.80. The molecule has 1 aliphatic rings. The molecule has 1 aromatic heterocycles. The summed E-state index contributed by atoms with van der Waals surface area (Å²) in [5.41, 5.74) is 1.44. The van der Waals surface area contributed by atoms with Crippen molar-refractivity contribution in [2.24, 2.45) is 0 Å². The van der Waals surface area contributed by atoms with Gasteiger partial charge in [-0.15, -0.1) is 5.10 Å². The van der Waals surface area contributed by atoms with Gasteiger partial charge in [-0.2, -0.15) is 0 Å². The molecule has 9 heteroatoms. The Hall–Kier alpha value is -3.46. The smallest absolute Gasteiger partial charge is 0.277 e. The van der Waals surface area contributed by atoms with Gasteiger partial charge in [0.2, 0.25) is 6.79 Å². The van der Waals surface area contributed by atoms with Gasteiger partial charge in [-0.05, 0) is 42.3 Å². The van der Waals surface area contributed by atoms with Crippen LogP contribution in [0, 0.1) is 12.7 Å². The normalized spacial score (nSPS) is 13.4. The number of nitrogens with zero attached hydrogens (tertiary/aromatic N) is 3. The van der Waals surface area contributed by atoms with Crippen LogP contribution in [0.5, 0.6) is 11.5 Å².